The molecular weight excluding hydrogens is 495 g/mol. The molecule has 0 aliphatic rings. The minimum Gasteiger partial charge on any atom is -0.497 e. The summed E-state index contributed by atoms with van der Waals surface area (Å²) in [4.78, 5) is 6.90. The number of nitrogens with zero attached hydrogens (tertiary/aromatic N) is 5. The van der Waals surface area contributed by atoms with Crippen molar-refractivity contribution >= 4 is 29.9 Å². The molecule has 0 saturated carbocycles. The molecule has 0 fully saturated rings. The predicted octanol–water partition coefficient (Wildman–Crippen LogP) is 3.35. The Kier molecular flexibility index (Phi) is 12.2. The maximum absolute atomic E-state index is 5.54. The van der Waals surface area contributed by atoms with Gasteiger partial charge in [0.2, 0.25) is 0 Å². The van der Waals surface area contributed by atoms with Crippen LogP contribution in [0.4, 0.5) is 0 Å². The number of nitrogens with one attached hydrogen (secondary N) is 1. The van der Waals surface area contributed by atoms with Gasteiger partial charge in [-0.3, -0.25) is 4.99 Å². The van der Waals surface area contributed by atoms with Crippen LogP contribution in [0.1, 0.15) is 38.1 Å². The van der Waals surface area contributed by atoms with Crippen molar-refractivity contribution in [2.45, 2.75) is 46.2 Å². The van der Waals surface area contributed by atoms with Gasteiger partial charge in [-0.2, -0.15) is 0 Å². The van der Waals surface area contributed by atoms with Gasteiger partial charge in [0.1, 0.15) is 23.7 Å². The summed E-state index contributed by atoms with van der Waals surface area (Å²) in [6.45, 7) is 7.28. The molecule has 0 aliphatic carbocycles. The third-order valence-electron chi connectivity index (χ3n) is 4.68. The van der Waals surface area contributed by atoms with Crippen LogP contribution < -0.4 is 14.8 Å². The van der Waals surface area contributed by atoms with Crippen LogP contribution in [0.2, 0.25) is 0 Å². The molecule has 0 spiro atoms. The van der Waals surface area contributed by atoms with E-state index in [2.05, 4.69) is 38.8 Å². The Bertz CT molecular complexity index is 781. The lowest BCUT2D eigenvalue weighted by Gasteiger charge is -2.24. The Balaban J connectivity index is 0.00000450. The first-order chi connectivity index (χ1) is 14.1. The van der Waals surface area contributed by atoms with Crippen molar-refractivity contribution in [1.29, 1.82) is 0 Å². The Morgan fingerprint density at radius 1 is 1.23 bits per heavy atom. The van der Waals surface area contributed by atoms with E-state index in [-0.39, 0.29) is 24.0 Å². The molecule has 1 N–H and O–H groups in total. The lowest BCUT2D eigenvalue weighted by atomic mass is 10.2. The molecule has 2 rings (SSSR count). The van der Waals surface area contributed by atoms with Crippen LogP contribution in [0.25, 0.3) is 0 Å². The first kappa shape index (κ1) is 26.0. The van der Waals surface area contributed by atoms with Gasteiger partial charge in [0, 0.05) is 51.3 Å². The first-order valence-corrected chi connectivity index (χ1v) is 10.2. The normalized spacial score (nSPS) is 11.0. The molecule has 30 heavy (non-hydrogen) atoms. The van der Waals surface area contributed by atoms with Gasteiger partial charge in [0.15, 0.2) is 5.96 Å². The topological polar surface area (TPSA) is 76.8 Å². The summed E-state index contributed by atoms with van der Waals surface area (Å²) in [6.07, 6.45) is 4.83. The number of aromatic nitrogens is 3. The van der Waals surface area contributed by atoms with Gasteiger partial charge in [-0.1, -0.05) is 20.3 Å². The number of hydrogen-bond acceptors (Lipinski definition) is 5. The van der Waals surface area contributed by atoms with Crippen LogP contribution in [0, 0.1) is 0 Å². The Morgan fingerprint density at radius 2 is 2.03 bits per heavy atom. The molecule has 1 heterocycles. The number of guanidine groups is 1. The van der Waals surface area contributed by atoms with Crippen LogP contribution in [0.15, 0.2) is 29.5 Å². The van der Waals surface area contributed by atoms with Crippen LogP contribution in [-0.4, -0.2) is 60.0 Å². The van der Waals surface area contributed by atoms with E-state index in [1.165, 1.54) is 0 Å². The standard InChI is InChI=1S/C21H34N6O2.HI/c1-6-8-11-22-21(23-12-13-27-16-24-25-20(27)7-2)26(3)15-17-9-10-18(28-4)14-19(17)29-5;/h9-10,14,16H,6-8,11-13,15H2,1-5H3,(H,22,23);1H. The number of aryl methyl sites for hydroxylation is 1. The molecule has 168 valence electrons. The fraction of sp³-hybridized carbons (Fsp3) is 0.571. The number of unbranched alkanes of at least 4 members (excludes halogenated alkanes) is 1. The van der Waals surface area contributed by atoms with Gasteiger partial charge in [0.05, 0.1) is 14.2 Å². The van der Waals surface area contributed by atoms with Crippen molar-refractivity contribution in [3.05, 3.63) is 35.9 Å². The van der Waals surface area contributed by atoms with E-state index in [9.17, 15) is 0 Å². The maximum Gasteiger partial charge on any atom is 0.194 e. The number of benzene rings is 1. The summed E-state index contributed by atoms with van der Waals surface area (Å²) in [6, 6.07) is 5.89. The zero-order chi connectivity index (χ0) is 21.1. The van der Waals surface area contributed by atoms with Gasteiger partial charge < -0.3 is 24.3 Å². The smallest absolute Gasteiger partial charge is 0.194 e. The average Bonchev–Trinajstić information content (AvgIpc) is 3.20. The molecule has 0 aliphatic heterocycles. The lowest BCUT2D eigenvalue weighted by molar-refractivity contribution is 0.382. The van der Waals surface area contributed by atoms with Crippen molar-refractivity contribution in [3.63, 3.8) is 0 Å². The summed E-state index contributed by atoms with van der Waals surface area (Å²) in [5.74, 6) is 3.46. The molecule has 0 atom stereocenters. The molecule has 1 aromatic heterocycles. The number of methoxy groups -OCH3 is 2. The molecule has 0 unspecified atom stereocenters. The number of aliphatic imine (C=N–C) groups is 1. The molecule has 0 bridgehead atoms. The van der Waals surface area contributed by atoms with Crippen LogP contribution in [0.5, 0.6) is 11.5 Å². The molecular formula is C21H35IN6O2. The van der Waals surface area contributed by atoms with Crippen molar-refractivity contribution in [2.24, 2.45) is 4.99 Å². The predicted molar refractivity (Wildman–Crippen MR) is 131 cm³/mol. The number of halogens is 1. The monoisotopic (exact) mass is 530 g/mol. The molecule has 2 aromatic rings. The Hall–Kier alpha value is -2.04. The lowest BCUT2D eigenvalue weighted by Crippen LogP contribution is -2.40. The minimum absolute atomic E-state index is 0. The summed E-state index contributed by atoms with van der Waals surface area (Å²) in [5, 5.41) is 11.6. The summed E-state index contributed by atoms with van der Waals surface area (Å²) < 4.78 is 12.9. The number of ether oxygens (including phenoxy) is 2. The Morgan fingerprint density at radius 3 is 2.70 bits per heavy atom. The van der Waals surface area contributed by atoms with Gasteiger partial charge in [-0.15, -0.1) is 34.2 Å². The van der Waals surface area contributed by atoms with E-state index in [4.69, 9.17) is 14.5 Å². The quantitative estimate of drug-likeness (QED) is 0.208. The van der Waals surface area contributed by atoms with Gasteiger partial charge >= 0.3 is 0 Å². The van der Waals surface area contributed by atoms with Crippen LogP contribution in [0.3, 0.4) is 0 Å². The highest BCUT2D eigenvalue weighted by molar-refractivity contribution is 14.0. The third kappa shape index (κ3) is 7.66. The van der Waals surface area contributed by atoms with Crippen molar-refractivity contribution in [3.8, 4) is 11.5 Å². The van der Waals surface area contributed by atoms with E-state index in [0.29, 0.717) is 6.54 Å². The second-order valence-corrected chi connectivity index (χ2v) is 6.81. The fourth-order valence-electron chi connectivity index (χ4n) is 3.00. The highest BCUT2D eigenvalue weighted by Crippen LogP contribution is 2.25. The van der Waals surface area contributed by atoms with E-state index in [1.807, 2.05) is 25.2 Å². The first-order valence-electron chi connectivity index (χ1n) is 10.2. The zero-order valence-electron chi connectivity index (χ0n) is 18.7. The third-order valence-corrected chi connectivity index (χ3v) is 4.68. The molecule has 9 heteroatoms. The second kappa shape index (κ2) is 14.1. The molecule has 0 amide bonds. The van der Waals surface area contributed by atoms with E-state index < -0.39 is 0 Å². The SMILES string of the molecule is CCCCN=C(NCCn1cnnc1CC)N(C)Cc1ccc(OC)cc1OC.I. The molecule has 1 aromatic carbocycles. The highest BCUT2D eigenvalue weighted by atomic mass is 127. The summed E-state index contributed by atoms with van der Waals surface area (Å²) in [7, 11) is 5.37. The Labute approximate surface area is 197 Å². The zero-order valence-corrected chi connectivity index (χ0v) is 21.1. The highest BCUT2D eigenvalue weighted by Gasteiger charge is 2.12. The minimum atomic E-state index is 0. The van der Waals surface area contributed by atoms with Gasteiger partial charge in [-0.25, -0.2) is 0 Å². The molecule has 8 nitrogen and oxygen atoms in total. The van der Waals surface area contributed by atoms with E-state index in [1.54, 1.807) is 20.5 Å². The number of hydrogen-bond donors (Lipinski definition) is 1. The van der Waals surface area contributed by atoms with Crippen LogP contribution in [-0.2, 0) is 19.5 Å². The van der Waals surface area contributed by atoms with Crippen molar-refractivity contribution in [2.75, 3.05) is 34.4 Å². The second-order valence-electron chi connectivity index (χ2n) is 6.81. The number of rotatable bonds is 11. The fourth-order valence-corrected chi connectivity index (χ4v) is 3.00. The molecule has 0 saturated heterocycles. The van der Waals surface area contributed by atoms with Gasteiger partial charge in [-0.05, 0) is 18.6 Å². The maximum atomic E-state index is 5.54. The van der Waals surface area contributed by atoms with E-state index in [0.717, 1.165) is 67.7 Å². The largest absolute Gasteiger partial charge is 0.497 e. The van der Waals surface area contributed by atoms with Gasteiger partial charge in [0.25, 0.3) is 0 Å². The van der Waals surface area contributed by atoms with E-state index >= 15 is 0 Å². The van der Waals surface area contributed by atoms with Crippen LogP contribution >= 0.6 is 24.0 Å². The van der Waals surface area contributed by atoms with Crippen molar-refractivity contribution in [1.82, 2.24) is 25.0 Å². The van der Waals surface area contributed by atoms with Crippen molar-refractivity contribution < 1.29 is 9.47 Å². The molecule has 0 radical (unpaired) electrons. The summed E-state index contributed by atoms with van der Waals surface area (Å²) >= 11 is 0. The summed E-state index contributed by atoms with van der Waals surface area (Å²) in [5.41, 5.74) is 1.08. The average molecular weight is 530 g/mol.